The molecule has 128 valence electrons. The van der Waals surface area contributed by atoms with Gasteiger partial charge in [0.2, 0.25) is 0 Å². The maximum Gasteiger partial charge on any atom is 0.416 e. The van der Waals surface area contributed by atoms with Crippen LogP contribution in [-0.2, 0) is 6.18 Å². The highest BCUT2D eigenvalue weighted by molar-refractivity contribution is 5.94. The summed E-state index contributed by atoms with van der Waals surface area (Å²) < 4.78 is 43.6. The summed E-state index contributed by atoms with van der Waals surface area (Å²) in [6.07, 6.45) is -4.45. The first-order chi connectivity index (χ1) is 11.3. The third kappa shape index (κ3) is 4.48. The van der Waals surface area contributed by atoms with Crippen molar-refractivity contribution in [1.29, 1.82) is 0 Å². The molecule has 0 aromatic heterocycles. The minimum absolute atomic E-state index is 0.0261. The molecule has 0 heterocycles. The van der Waals surface area contributed by atoms with E-state index < -0.39 is 11.7 Å². The van der Waals surface area contributed by atoms with Crippen LogP contribution < -0.4 is 4.74 Å². The van der Waals surface area contributed by atoms with Gasteiger partial charge in [0.15, 0.2) is 0 Å². The molecule has 0 saturated heterocycles. The second-order valence-electron chi connectivity index (χ2n) is 5.11. The zero-order chi connectivity index (χ0) is 17.7. The van der Waals surface area contributed by atoms with Gasteiger partial charge in [0.1, 0.15) is 11.5 Å². The summed E-state index contributed by atoms with van der Waals surface area (Å²) in [6.45, 7) is 0.0141. The fourth-order valence-electron chi connectivity index (χ4n) is 2.04. The van der Waals surface area contributed by atoms with Crippen molar-refractivity contribution in [1.82, 2.24) is 4.90 Å². The second-order valence-corrected chi connectivity index (χ2v) is 5.11. The lowest BCUT2D eigenvalue weighted by Gasteiger charge is -2.16. The van der Waals surface area contributed by atoms with Crippen molar-refractivity contribution in [3.8, 4) is 11.5 Å². The Morgan fingerprint density at radius 2 is 1.75 bits per heavy atom. The molecule has 0 aliphatic rings. The first-order valence-corrected chi connectivity index (χ1v) is 7.13. The predicted octanol–water partition coefficient (Wildman–Crippen LogP) is 3.56. The van der Waals surface area contributed by atoms with Gasteiger partial charge >= 0.3 is 6.18 Å². The molecule has 24 heavy (non-hydrogen) atoms. The molecule has 0 aliphatic carbocycles. The van der Waals surface area contributed by atoms with E-state index >= 15 is 0 Å². The van der Waals surface area contributed by atoms with Crippen LogP contribution in [0.15, 0.2) is 48.5 Å². The van der Waals surface area contributed by atoms with E-state index in [4.69, 9.17) is 9.84 Å². The van der Waals surface area contributed by atoms with Crippen LogP contribution in [0.3, 0.4) is 0 Å². The lowest BCUT2D eigenvalue weighted by molar-refractivity contribution is -0.137. The molecule has 1 amide bonds. The molecule has 7 heteroatoms. The topological polar surface area (TPSA) is 49.8 Å². The van der Waals surface area contributed by atoms with Gasteiger partial charge in [-0.25, -0.2) is 0 Å². The van der Waals surface area contributed by atoms with Gasteiger partial charge in [-0.3, -0.25) is 4.79 Å². The molecule has 0 radical (unpaired) electrons. The van der Waals surface area contributed by atoms with E-state index in [9.17, 15) is 18.0 Å². The number of aliphatic hydroxyl groups is 1. The summed E-state index contributed by atoms with van der Waals surface area (Å²) in [5.41, 5.74) is -0.495. The normalized spacial score (nSPS) is 11.2. The minimum atomic E-state index is -4.45. The molecule has 0 fully saturated rings. The number of nitrogens with zero attached hydrogens (tertiary/aromatic N) is 1. The van der Waals surface area contributed by atoms with Crippen molar-refractivity contribution in [2.24, 2.45) is 0 Å². The number of hydrogen-bond donors (Lipinski definition) is 1. The van der Waals surface area contributed by atoms with Gasteiger partial charge in [-0.2, -0.15) is 13.2 Å². The molecular weight excluding hydrogens is 323 g/mol. The van der Waals surface area contributed by atoms with Crippen LogP contribution in [0.25, 0.3) is 0 Å². The largest absolute Gasteiger partial charge is 0.457 e. The third-order valence-electron chi connectivity index (χ3n) is 3.26. The zero-order valence-electron chi connectivity index (χ0n) is 12.9. The number of halogens is 3. The molecule has 0 spiro atoms. The van der Waals surface area contributed by atoms with Crippen molar-refractivity contribution in [2.45, 2.75) is 6.18 Å². The summed E-state index contributed by atoms with van der Waals surface area (Å²) in [6, 6.07) is 10.6. The maximum absolute atomic E-state index is 12.7. The van der Waals surface area contributed by atoms with Gasteiger partial charge in [-0.05, 0) is 36.4 Å². The van der Waals surface area contributed by atoms with Gasteiger partial charge in [-0.1, -0.05) is 12.1 Å². The van der Waals surface area contributed by atoms with Gasteiger partial charge in [0, 0.05) is 19.2 Å². The Labute approximate surface area is 137 Å². The molecule has 0 atom stereocenters. The highest BCUT2D eigenvalue weighted by atomic mass is 19.4. The predicted molar refractivity (Wildman–Crippen MR) is 82.0 cm³/mol. The number of rotatable bonds is 5. The standard InChI is InChI=1S/C17H16F3NO3/c1-21(8-9-22)16(23)12-4-2-6-14(10-12)24-15-7-3-5-13(11-15)17(18,19)20/h2-7,10-11,22H,8-9H2,1H3. The van der Waals surface area contributed by atoms with Crippen LogP contribution in [0.4, 0.5) is 13.2 Å². The number of hydrogen-bond acceptors (Lipinski definition) is 3. The smallest absolute Gasteiger partial charge is 0.416 e. The Balaban J connectivity index is 2.20. The third-order valence-corrected chi connectivity index (χ3v) is 3.26. The maximum atomic E-state index is 12.7. The summed E-state index contributed by atoms with van der Waals surface area (Å²) >= 11 is 0. The monoisotopic (exact) mass is 339 g/mol. The highest BCUT2D eigenvalue weighted by Crippen LogP contribution is 2.32. The molecule has 4 nitrogen and oxygen atoms in total. The number of likely N-dealkylation sites (N-methyl/N-ethyl adjacent to an activating group) is 1. The minimum Gasteiger partial charge on any atom is -0.457 e. The lowest BCUT2D eigenvalue weighted by atomic mass is 10.2. The van der Waals surface area contributed by atoms with E-state index in [2.05, 4.69) is 0 Å². The SMILES string of the molecule is CN(CCO)C(=O)c1cccc(Oc2cccc(C(F)(F)F)c2)c1. The van der Waals surface area contributed by atoms with E-state index in [0.29, 0.717) is 5.56 Å². The number of aliphatic hydroxyl groups excluding tert-OH is 1. The molecule has 2 aromatic rings. The highest BCUT2D eigenvalue weighted by Gasteiger charge is 2.30. The van der Waals surface area contributed by atoms with E-state index in [1.54, 1.807) is 25.2 Å². The number of ether oxygens (including phenoxy) is 1. The van der Waals surface area contributed by atoms with Gasteiger partial charge < -0.3 is 14.7 Å². The fraction of sp³-hybridized carbons (Fsp3) is 0.235. The molecule has 0 bridgehead atoms. The van der Waals surface area contributed by atoms with Gasteiger partial charge in [0.05, 0.1) is 12.2 Å². The average Bonchev–Trinajstić information content (AvgIpc) is 2.54. The Morgan fingerprint density at radius 1 is 1.12 bits per heavy atom. The molecule has 0 aliphatic heterocycles. The number of amides is 1. The summed E-state index contributed by atoms with van der Waals surface area (Å²) in [5, 5.41) is 8.86. The van der Waals surface area contributed by atoms with Crippen LogP contribution in [0.1, 0.15) is 15.9 Å². The van der Waals surface area contributed by atoms with Crippen molar-refractivity contribution in [2.75, 3.05) is 20.2 Å². The van der Waals surface area contributed by atoms with Gasteiger partial charge in [-0.15, -0.1) is 0 Å². The van der Waals surface area contributed by atoms with Crippen LogP contribution in [-0.4, -0.2) is 36.1 Å². The van der Waals surface area contributed by atoms with Crippen LogP contribution in [0.5, 0.6) is 11.5 Å². The summed E-state index contributed by atoms with van der Waals surface area (Å²) in [5.74, 6) is -0.0470. The summed E-state index contributed by atoms with van der Waals surface area (Å²) in [4.78, 5) is 13.5. The Hall–Kier alpha value is -2.54. The quantitative estimate of drug-likeness (QED) is 0.906. The number of alkyl halides is 3. The Kier molecular flexibility index (Phi) is 5.46. The van der Waals surface area contributed by atoms with Crippen LogP contribution in [0, 0.1) is 0 Å². The van der Waals surface area contributed by atoms with E-state index in [1.165, 1.54) is 23.1 Å². The van der Waals surface area contributed by atoms with Crippen molar-refractivity contribution in [3.63, 3.8) is 0 Å². The van der Waals surface area contributed by atoms with Crippen molar-refractivity contribution >= 4 is 5.91 Å². The Morgan fingerprint density at radius 3 is 2.38 bits per heavy atom. The van der Waals surface area contributed by atoms with Crippen molar-refractivity contribution in [3.05, 3.63) is 59.7 Å². The lowest BCUT2D eigenvalue weighted by Crippen LogP contribution is -2.29. The fourth-order valence-corrected chi connectivity index (χ4v) is 2.04. The molecule has 2 aromatic carbocycles. The van der Waals surface area contributed by atoms with Crippen molar-refractivity contribution < 1.29 is 27.8 Å². The molecule has 0 unspecified atom stereocenters. The zero-order valence-corrected chi connectivity index (χ0v) is 12.9. The molecule has 0 saturated carbocycles. The molecular formula is C17H16F3NO3. The van der Waals surface area contributed by atoms with Gasteiger partial charge in [0.25, 0.3) is 5.91 Å². The average molecular weight is 339 g/mol. The number of benzene rings is 2. The second kappa shape index (κ2) is 7.35. The van der Waals surface area contributed by atoms with Crippen LogP contribution >= 0.6 is 0 Å². The first kappa shape index (κ1) is 17.8. The summed E-state index contributed by atoms with van der Waals surface area (Å²) in [7, 11) is 1.54. The first-order valence-electron chi connectivity index (χ1n) is 7.13. The Bertz CT molecular complexity index is 716. The van der Waals surface area contributed by atoms with E-state index in [0.717, 1.165) is 12.1 Å². The number of carbonyl (C=O) groups is 1. The van der Waals surface area contributed by atoms with E-state index in [1.807, 2.05) is 0 Å². The number of carbonyl (C=O) groups excluding carboxylic acids is 1. The molecule has 1 N–H and O–H groups in total. The van der Waals surface area contributed by atoms with E-state index in [-0.39, 0.29) is 30.6 Å². The molecule has 2 rings (SSSR count). The van der Waals surface area contributed by atoms with Crippen LogP contribution in [0.2, 0.25) is 0 Å².